The van der Waals surface area contributed by atoms with E-state index in [1.54, 1.807) is 11.9 Å². The average molecular weight is 481 g/mol. The maximum absolute atomic E-state index is 12.8. The van der Waals surface area contributed by atoms with E-state index in [2.05, 4.69) is 15.9 Å². The number of hydrogen-bond acceptors (Lipinski definition) is 4. The van der Waals surface area contributed by atoms with Crippen LogP contribution < -0.4 is 10.3 Å². The number of halogens is 1. The zero-order chi connectivity index (χ0) is 20.4. The van der Waals surface area contributed by atoms with Crippen LogP contribution in [0.4, 0.5) is 5.69 Å². The Labute approximate surface area is 183 Å². The molecule has 0 spiro atoms. The van der Waals surface area contributed by atoms with Crippen LogP contribution in [-0.2, 0) is 16.6 Å². The summed E-state index contributed by atoms with van der Waals surface area (Å²) in [4.78, 5) is 12.8. The lowest BCUT2D eigenvalue weighted by atomic mass is 10.2. The summed E-state index contributed by atoms with van der Waals surface area (Å²) >= 11 is 9.77. The van der Waals surface area contributed by atoms with E-state index in [1.807, 2.05) is 91.1 Å². The molecule has 0 radical (unpaired) electrons. The third-order valence-electron chi connectivity index (χ3n) is 4.68. The number of Topliss-reactive ketones (excluding diaryl/α,β-unsaturated/α-hetero) is 1. The number of carbonyl (C=O) groups is 1. The molecule has 6 heteroatoms. The molecule has 1 atom stereocenters. The zero-order valence-electron chi connectivity index (χ0n) is 15.7. The number of hydrazone groups is 1. The highest BCUT2D eigenvalue weighted by Gasteiger charge is 2.38. The van der Waals surface area contributed by atoms with Crippen LogP contribution in [0, 0.1) is 0 Å². The summed E-state index contributed by atoms with van der Waals surface area (Å²) in [5.74, 6) is -0.0965. The first-order valence-corrected chi connectivity index (χ1v) is 12.7. The molecule has 3 aromatic rings. The summed E-state index contributed by atoms with van der Waals surface area (Å²) in [6, 6.07) is 25.2. The maximum Gasteiger partial charge on any atom is 0.181 e. The minimum atomic E-state index is -2.59. The fourth-order valence-electron chi connectivity index (χ4n) is 3.29. The number of anilines is 1. The molecule has 29 heavy (non-hydrogen) atoms. The number of ketones is 1. The van der Waals surface area contributed by atoms with Gasteiger partial charge in [0.1, 0.15) is 5.45 Å². The van der Waals surface area contributed by atoms with Crippen molar-refractivity contribution in [1.29, 1.82) is 0 Å². The first kappa shape index (κ1) is 20.0. The SMILES string of the molecule is CC(=O)C1=NN(c2ccc(Br)cc2)C=C(c2ccccc2)P1(=S)c1ccccc1. The molecule has 1 heterocycles. The van der Waals surface area contributed by atoms with Crippen molar-refractivity contribution in [3.63, 3.8) is 0 Å². The van der Waals surface area contributed by atoms with Crippen LogP contribution >= 0.6 is 22.0 Å². The smallest absolute Gasteiger partial charge is 0.181 e. The van der Waals surface area contributed by atoms with Gasteiger partial charge in [0.15, 0.2) is 5.78 Å². The van der Waals surface area contributed by atoms with E-state index in [9.17, 15) is 4.79 Å². The lowest BCUT2D eigenvalue weighted by molar-refractivity contribution is -0.110. The van der Waals surface area contributed by atoms with E-state index in [0.29, 0.717) is 5.45 Å². The third kappa shape index (κ3) is 3.78. The molecular formula is C23H18BrN2OPS. The average Bonchev–Trinajstić information content (AvgIpc) is 2.75. The van der Waals surface area contributed by atoms with Gasteiger partial charge in [0, 0.05) is 22.9 Å². The highest BCUT2D eigenvalue weighted by Crippen LogP contribution is 2.61. The van der Waals surface area contributed by atoms with Gasteiger partial charge in [0.2, 0.25) is 0 Å². The number of rotatable bonds is 4. The monoisotopic (exact) mass is 480 g/mol. The Morgan fingerprint density at radius 3 is 2.10 bits per heavy atom. The lowest BCUT2D eigenvalue weighted by Gasteiger charge is -2.33. The van der Waals surface area contributed by atoms with Crippen LogP contribution in [0.15, 0.2) is 101 Å². The molecule has 0 saturated heterocycles. The topological polar surface area (TPSA) is 32.7 Å². The highest BCUT2D eigenvalue weighted by molar-refractivity contribution is 9.10. The molecule has 1 aliphatic rings. The molecule has 144 valence electrons. The summed E-state index contributed by atoms with van der Waals surface area (Å²) in [5, 5.41) is 8.43. The Kier molecular flexibility index (Phi) is 5.64. The lowest BCUT2D eigenvalue weighted by Crippen LogP contribution is -2.27. The van der Waals surface area contributed by atoms with Gasteiger partial charge in [0.25, 0.3) is 0 Å². The van der Waals surface area contributed by atoms with Crippen molar-refractivity contribution in [3.05, 3.63) is 101 Å². The second-order valence-corrected chi connectivity index (χ2v) is 11.8. The Morgan fingerprint density at radius 1 is 0.931 bits per heavy atom. The molecule has 0 saturated carbocycles. The van der Waals surface area contributed by atoms with Crippen LogP contribution in [0.1, 0.15) is 12.5 Å². The molecule has 3 aromatic carbocycles. The van der Waals surface area contributed by atoms with E-state index in [4.69, 9.17) is 16.9 Å². The van der Waals surface area contributed by atoms with E-state index in [1.165, 1.54) is 0 Å². The van der Waals surface area contributed by atoms with Gasteiger partial charge in [-0.05, 0) is 35.1 Å². The Morgan fingerprint density at radius 2 is 1.52 bits per heavy atom. The maximum atomic E-state index is 12.8. The summed E-state index contributed by atoms with van der Waals surface area (Å²) in [6.45, 7) is 1.55. The van der Waals surface area contributed by atoms with Gasteiger partial charge in [-0.15, -0.1) is 0 Å². The number of nitrogens with zero attached hydrogens (tertiary/aromatic N) is 2. The molecule has 3 nitrogen and oxygen atoms in total. The predicted molar refractivity (Wildman–Crippen MR) is 130 cm³/mol. The Hall–Kier alpha value is -2.33. The van der Waals surface area contributed by atoms with Crippen LogP contribution in [0.5, 0.6) is 0 Å². The van der Waals surface area contributed by atoms with Crippen molar-refractivity contribution in [1.82, 2.24) is 0 Å². The molecule has 1 unspecified atom stereocenters. The first-order chi connectivity index (χ1) is 14.0. The molecular weight excluding hydrogens is 463 g/mol. The Bertz CT molecular complexity index is 1160. The molecule has 0 amide bonds. The van der Waals surface area contributed by atoms with Crippen LogP contribution in [0.3, 0.4) is 0 Å². The van der Waals surface area contributed by atoms with Gasteiger partial charge in [-0.25, -0.2) is 5.01 Å². The van der Waals surface area contributed by atoms with E-state index >= 15 is 0 Å². The fourth-order valence-corrected chi connectivity index (χ4v) is 7.66. The second-order valence-electron chi connectivity index (χ2n) is 6.63. The molecule has 0 fully saturated rings. The van der Waals surface area contributed by atoms with Crippen LogP contribution in [-0.4, -0.2) is 11.2 Å². The quantitative estimate of drug-likeness (QED) is 0.430. The van der Waals surface area contributed by atoms with Crippen molar-refractivity contribution in [2.45, 2.75) is 6.92 Å². The Balaban J connectivity index is 1.98. The summed E-state index contributed by atoms with van der Waals surface area (Å²) in [6.07, 6.45) is 1.98. The predicted octanol–water partition coefficient (Wildman–Crippen LogP) is 5.98. The molecule has 0 aromatic heterocycles. The van der Waals surface area contributed by atoms with Crippen LogP contribution in [0.2, 0.25) is 0 Å². The molecule has 0 N–H and O–H groups in total. The van der Waals surface area contributed by atoms with Crippen molar-refractivity contribution in [2.75, 3.05) is 5.01 Å². The van der Waals surface area contributed by atoms with Crippen molar-refractivity contribution >= 4 is 61.3 Å². The third-order valence-corrected chi connectivity index (χ3v) is 10.0. The fraction of sp³-hybridized carbons (Fsp3) is 0.0435. The number of carbonyl (C=O) groups excluding carboxylic acids is 1. The molecule has 1 aliphatic heterocycles. The van der Waals surface area contributed by atoms with Crippen molar-refractivity contribution < 1.29 is 4.79 Å². The second kappa shape index (κ2) is 8.19. The van der Waals surface area contributed by atoms with Gasteiger partial charge in [-0.1, -0.05) is 88.4 Å². The zero-order valence-corrected chi connectivity index (χ0v) is 19.0. The van der Waals surface area contributed by atoms with Crippen LogP contribution in [0.25, 0.3) is 5.31 Å². The standard InChI is InChI=1S/C23H18BrN2OPS/c1-17(27)23-25-26(20-14-12-19(24)13-15-20)16-22(18-8-4-2-5-9-18)28(23,29)21-10-6-3-7-11-21/h2-16H,1H3. The molecule has 0 bridgehead atoms. The minimum absolute atomic E-state index is 0.0965. The van der Waals surface area contributed by atoms with Gasteiger partial charge in [-0.2, -0.15) is 5.10 Å². The van der Waals surface area contributed by atoms with Crippen molar-refractivity contribution in [2.24, 2.45) is 5.10 Å². The number of benzene rings is 3. The highest BCUT2D eigenvalue weighted by atomic mass is 79.9. The molecule has 4 rings (SSSR count). The van der Waals surface area contributed by atoms with E-state index in [-0.39, 0.29) is 5.78 Å². The first-order valence-electron chi connectivity index (χ1n) is 9.08. The summed E-state index contributed by atoms with van der Waals surface area (Å²) < 4.78 is 0.982. The van der Waals surface area contributed by atoms with E-state index in [0.717, 1.165) is 26.3 Å². The van der Waals surface area contributed by atoms with Gasteiger partial charge >= 0.3 is 0 Å². The van der Waals surface area contributed by atoms with Crippen molar-refractivity contribution in [3.8, 4) is 0 Å². The summed E-state index contributed by atoms with van der Waals surface area (Å²) in [5.41, 5.74) is 2.33. The number of hydrogen-bond donors (Lipinski definition) is 0. The summed E-state index contributed by atoms with van der Waals surface area (Å²) in [7, 11) is 0. The largest absolute Gasteiger partial charge is 0.293 e. The van der Waals surface area contributed by atoms with Gasteiger partial charge < -0.3 is 0 Å². The van der Waals surface area contributed by atoms with Gasteiger partial charge in [-0.3, -0.25) is 4.79 Å². The molecule has 0 aliphatic carbocycles. The van der Waals surface area contributed by atoms with E-state index < -0.39 is 6.04 Å². The normalized spacial score (nSPS) is 18.8. The minimum Gasteiger partial charge on any atom is -0.293 e. The van der Waals surface area contributed by atoms with Gasteiger partial charge in [0.05, 0.1) is 11.7 Å².